The molecule has 0 aliphatic carbocycles. The third-order valence-corrected chi connectivity index (χ3v) is 10.7. The number of pyridine rings is 1. The molecule has 194 valence electrons. The van der Waals surface area contributed by atoms with Gasteiger partial charge < -0.3 is 10.6 Å². The van der Waals surface area contributed by atoms with Gasteiger partial charge in [-0.25, -0.2) is 39.2 Å². The summed E-state index contributed by atoms with van der Waals surface area (Å²) in [7, 11) is -6.97. The van der Waals surface area contributed by atoms with Crippen molar-refractivity contribution < 1.29 is 30.4 Å². The Bertz CT molecular complexity index is 1470. The minimum absolute atomic E-state index is 0.0847. The highest BCUT2D eigenvalue weighted by atomic mass is 32.2. The maximum absolute atomic E-state index is 15.3. The highest BCUT2D eigenvalue weighted by molar-refractivity contribution is 7.91. The molecule has 4 rings (SSSR count). The molecule has 1 amide bonds. The Hall–Kier alpha value is -3.17. The molecule has 11 nitrogen and oxygen atoms in total. The first-order valence-electron chi connectivity index (χ1n) is 10.7. The number of amides is 1. The quantitative estimate of drug-likeness (QED) is 0.522. The zero-order valence-electron chi connectivity index (χ0n) is 19.5. The first kappa shape index (κ1) is 25.9. The standard InChI is InChI=1S/C21H24F2N6O5S2/c1-20(15-10-14(5-6-16(15)23)26-18(30)17-7-4-13(22)11-25-17)21(8-9-29(12-21)35(3,31)32)36(33,34)28(2)19(24)27-20/h4-7,10-11H,8-9,12H2,1-3H3,(H2,24,27)(H,26,30)/t20-,21-/m0/s1. The van der Waals surface area contributed by atoms with Gasteiger partial charge in [-0.15, -0.1) is 0 Å². The predicted molar refractivity (Wildman–Crippen MR) is 127 cm³/mol. The number of nitrogens with zero attached hydrogens (tertiary/aromatic N) is 3. The molecule has 3 N–H and O–H groups in total. The van der Waals surface area contributed by atoms with Gasteiger partial charge in [0.15, 0.2) is 0 Å². The van der Waals surface area contributed by atoms with E-state index in [0.29, 0.717) is 4.31 Å². The summed E-state index contributed by atoms with van der Waals surface area (Å²) in [6.45, 7) is 0.805. The normalized spacial score (nSPS) is 26.1. The Labute approximate surface area is 207 Å². The van der Waals surface area contributed by atoms with Crippen molar-refractivity contribution in [2.75, 3.05) is 31.7 Å². The van der Waals surface area contributed by atoms with Crippen LogP contribution in [0.1, 0.15) is 29.4 Å². The average Bonchev–Trinajstić information content (AvgIpc) is 3.28. The van der Waals surface area contributed by atoms with Gasteiger partial charge in [-0.1, -0.05) is 0 Å². The Kier molecular flexibility index (Phi) is 6.08. The van der Waals surface area contributed by atoms with Crippen LogP contribution < -0.4 is 10.6 Å². The highest BCUT2D eigenvalue weighted by Gasteiger charge is 2.67. The number of aromatic nitrogens is 1. The van der Waals surface area contributed by atoms with Crippen LogP contribution in [0.5, 0.6) is 0 Å². The second-order valence-corrected chi connectivity index (χ2v) is 13.2. The Balaban J connectivity index is 1.82. The van der Waals surface area contributed by atoms with E-state index in [1.807, 2.05) is 0 Å². The van der Waals surface area contributed by atoms with Crippen LogP contribution in [-0.2, 0) is 25.6 Å². The summed E-state index contributed by atoms with van der Waals surface area (Å²) in [6, 6.07) is 5.72. The lowest BCUT2D eigenvalue weighted by molar-refractivity contribution is 0.102. The SMILES string of the molecule is CN1C(=N)N[C@@](C)(c2cc(NC(=O)c3ccc(F)cn3)ccc2F)[C@@]2(CCN(S(C)(=O)=O)C2)S1(=O)=O. The number of nitrogens with one attached hydrogen (secondary N) is 3. The molecule has 2 fully saturated rings. The molecule has 2 saturated heterocycles. The molecule has 1 spiro atoms. The maximum Gasteiger partial charge on any atom is 0.274 e. The van der Waals surface area contributed by atoms with Gasteiger partial charge in [-0.3, -0.25) is 10.2 Å². The van der Waals surface area contributed by atoms with Crippen LogP contribution >= 0.6 is 0 Å². The first-order valence-corrected chi connectivity index (χ1v) is 13.9. The second-order valence-electron chi connectivity index (χ2n) is 8.92. The number of guanidine groups is 1. The van der Waals surface area contributed by atoms with E-state index in [2.05, 4.69) is 15.6 Å². The third kappa shape index (κ3) is 3.90. The van der Waals surface area contributed by atoms with E-state index < -0.39 is 60.4 Å². The van der Waals surface area contributed by atoms with Crippen molar-refractivity contribution in [3.8, 4) is 0 Å². The van der Waals surface area contributed by atoms with Gasteiger partial charge in [0.05, 0.1) is 18.0 Å². The minimum atomic E-state index is -4.36. The largest absolute Gasteiger partial charge is 0.345 e. The van der Waals surface area contributed by atoms with Crippen LogP contribution in [0.4, 0.5) is 14.5 Å². The van der Waals surface area contributed by atoms with Gasteiger partial charge in [0.2, 0.25) is 26.0 Å². The van der Waals surface area contributed by atoms with E-state index in [4.69, 9.17) is 5.41 Å². The number of anilines is 1. The van der Waals surface area contributed by atoms with Gasteiger partial charge in [0.1, 0.15) is 22.1 Å². The van der Waals surface area contributed by atoms with E-state index in [9.17, 15) is 26.0 Å². The van der Waals surface area contributed by atoms with Gasteiger partial charge in [-0.2, -0.15) is 0 Å². The molecule has 36 heavy (non-hydrogen) atoms. The first-order chi connectivity index (χ1) is 16.6. The fourth-order valence-electron chi connectivity index (χ4n) is 4.72. The fourth-order valence-corrected chi connectivity index (χ4v) is 7.84. The second kappa shape index (κ2) is 8.45. The van der Waals surface area contributed by atoms with Crippen molar-refractivity contribution in [2.45, 2.75) is 23.6 Å². The van der Waals surface area contributed by atoms with Crippen LogP contribution in [0.3, 0.4) is 0 Å². The van der Waals surface area contributed by atoms with Crippen LogP contribution in [0.2, 0.25) is 0 Å². The molecular weight excluding hydrogens is 518 g/mol. The van der Waals surface area contributed by atoms with E-state index in [0.717, 1.165) is 42.0 Å². The molecule has 0 unspecified atom stereocenters. The van der Waals surface area contributed by atoms with Crippen LogP contribution in [0.15, 0.2) is 36.5 Å². The Morgan fingerprint density at radius 3 is 2.53 bits per heavy atom. The molecule has 1 aromatic heterocycles. The zero-order chi connectivity index (χ0) is 26.7. The third-order valence-electron chi connectivity index (χ3n) is 6.84. The molecule has 2 aliphatic heterocycles. The number of carbonyl (C=O) groups is 1. The number of rotatable bonds is 4. The predicted octanol–water partition coefficient (Wildman–Crippen LogP) is 1.03. The Morgan fingerprint density at radius 2 is 1.94 bits per heavy atom. The van der Waals surface area contributed by atoms with Crippen molar-refractivity contribution in [1.82, 2.24) is 18.9 Å². The molecule has 3 heterocycles. The van der Waals surface area contributed by atoms with E-state index in [-0.39, 0.29) is 29.9 Å². The highest BCUT2D eigenvalue weighted by Crippen LogP contribution is 2.50. The van der Waals surface area contributed by atoms with Gasteiger partial charge in [0, 0.05) is 31.4 Å². The lowest BCUT2D eigenvalue weighted by Gasteiger charge is -2.52. The smallest absolute Gasteiger partial charge is 0.274 e. The van der Waals surface area contributed by atoms with Crippen molar-refractivity contribution in [3.05, 3.63) is 59.4 Å². The molecule has 15 heteroatoms. The summed E-state index contributed by atoms with van der Waals surface area (Å²) in [5.74, 6) is -2.70. The Morgan fingerprint density at radius 1 is 1.25 bits per heavy atom. The summed E-state index contributed by atoms with van der Waals surface area (Å²) in [5, 5.41) is 13.5. The molecule has 2 atom stereocenters. The average molecular weight is 543 g/mol. The number of hydrogen-bond acceptors (Lipinski definition) is 7. The van der Waals surface area contributed by atoms with Crippen LogP contribution in [0, 0.1) is 17.0 Å². The van der Waals surface area contributed by atoms with Crippen molar-refractivity contribution >= 4 is 37.6 Å². The number of hydrogen-bond donors (Lipinski definition) is 3. The van der Waals surface area contributed by atoms with Gasteiger partial charge in [0.25, 0.3) is 5.91 Å². The van der Waals surface area contributed by atoms with E-state index >= 15 is 4.39 Å². The number of sulfonamides is 2. The topological polar surface area (TPSA) is 153 Å². The molecule has 0 saturated carbocycles. The van der Waals surface area contributed by atoms with Gasteiger partial charge in [-0.05, 0) is 43.7 Å². The summed E-state index contributed by atoms with van der Waals surface area (Å²) in [4.78, 5) is 16.3. The van der Waals surface area contributed by atoms with Crippen molar-refractivity contribution in [1.29, 1.82) is 5.41 Å². The molecule has 1 aromatic carbocycles. The lowest BCUT2D eigenvalue weighted by Crippen LogP contribution is -2.74. The molecule has 2 aliphatic rings. The fraction of sp³-hybridized carbons (Fsp3) is 0.381. The van der Waals surface area contributed by atoms with Gasteiger partial charge >= 0.3 is 0 Å². The molecule has 0 bridgehead atoms. The number of halogens is 2. The maximum atomic E-state index is 15.3. The monoisotopic (exact) mass is 542 g/mol. The minimum Gasteiger partial charge on any atom is -0.345 e. The van der Waals surface area contributed by atoms with E-state index in [1.54, 1.807) is 0 Å². The molecular formula is C21H24F2N6O5S2. The van der Waals surface area contributed by atoms with Crippen LogP contribution in [0.25, 0.3) is 0 Å². The number of benzene rings is 1. The van der Waals surface area contributed by atoms with Crippen LogP contribution in [-0.4, -0.2) is 73.4 Å². The van der Waals surface area contributed by atoms with E-state index in [1.165, 1.54) is 19.1 Å². The summed E-state index contributed by atoms with van der Waals surface area (Å²) in [6.07, 6.45) is 1.65. The summed E-state index contributed by atoms with van der Waals surface area (Å²) in [5.41, 5.74) is -2.01. The molecule has 0 radical (unpaired) electrons. The number of carbonyl (C=O) groups excluding carboxylic acids is 1. The molecule has 2 aromatic rings. The lowest BCUT2D eigenvalue weighted by atomic mass is 9.77. The van der Waals surface area contributed by atoms with Crippen molar-refractivity contribution in [2.24, 2.45) is 0 Å². The van der Waals surface area contributed by atoms with Crippen molar-refractivity contribution in [3.63, 3.8) is 0 Å². The summed E-state index contributed by atoms with van der Waals surface area (Å²) < 4.78 is 80.2. The zero-order valence-corrected chi connectivity index (χ0v) is 21.2. The summed E-state index contributed by atoms with van der Waals surface area (Å²) >= 11 is 0.